The van der Waals surface area contributed by atoms with Crippen LogP contribution in [-0.2, 0) is 5.41 Å². The molecule has 5 heteroatoms. The van der Waals surface area contributed by atoms with E-state index in [1.807, 2.05) is 12.1 Å². The minimum absolute atomic E-state index is 0.0923. The van der Waals surface area contributed by atoms with Gasteiger partial charge in [0.15, 0.2) is 0 Å². The molecule has 3 rings (SSSR count). The topological polar surface area (TPSA) is 37.8 Å². The maximum atomic E-state index is 13.9. The van der Waals surface area contributed by atoms with Crippen LogP contribution in [0.3, 0.4) is 0 Å². The summed E-state index contributed by atoms with van der Waals surface area (Å²) in [5.74, 6) is 2.38. The fraction of sp³-hybridized carbons (Fsp3) is 0.412. The normalized spacial score (nSPS) is 17.9. The van der Waals surface area contributed by atoms with Crippen LogP contribution in [0.5, 0.6) is 0 Å². The van der Waals surface area contributed by atoms with Crippen LogP contribution in [0.4, 0.5) is 10.2 Å². The summed E-state index contributed by atoms with van der Waals surface area (Å²) < 4.78 is 13.9. The van der Waals surface area contributed by atoms with Gasteiger partial charge in [0.2, 0.25) is 0 Å². The van der Waals surface area contributed by atoms with E-state index in [0.717, 1.165) is 34.3 Å². The van der Waals surface area contributed by atoms with Gasteiger partial charge in [-0.05, 0) is 24.1 Å². The highest BCUT2D eigenvalue weighted by atomic mass is 32.2. The minimum Gasteiger partial charge on any atom is -0.363 e. The predicted octanol–water partition coefficient (Wildman–Crippen LogP) is 4.56. The molecule has 1 aliphatic rings. The van der Waals surface area contributed by atoms with Crippen molar-refractivity contribution in [1.29, 1.82) is 0 Å². The van der Waals surface area contributed by atoms with Crippen molar-refractivity contribution in [3.63, 3.8) is 0 Å². The Morgan fingerprint density at radius 1 is 1.27 bits per heavy atom. The number of aromatic nitrogens is 2. The maximum absolute atomic E-state index is 13.9. The number of thioether (sulfide) groups is 1. The largest absolute Gasteiger partial charge is 0.363 e. The Morgan fingerprint density at radius 3 is 2.86 bits per heavy atom. The first-order valence-corrected chi connectivity index (χ1v) is 8.45. The van der Waals surface area contributed by atoms with Gasteiger partial charge in [-0.25, -0.2) is 14.4 Å². The van der Waals surface area contributed by atoms with Crippen LogP contribution >= 0.6 is 11.8 Å². The van der Waals surface area contributed by atoms with Gasteiger partial charge in [-0.1, -0.05) is 32.9 Å². The van der Waals surface area contributed by atoms with Crippen LogP contribution in [0.25, 0.3) is 0 Å². The Hall–Kier alpha value is -1.62. The average molecular weight is 317 g/mol. The molecule has 0 aliphatic carbocycles. The zero-order valence-electron chi connectivity index (χ0n) is 13.1. The summed E-state index contributed by atoms with van der Waals surface area (Å²) in [6.45, 7) is 6.27. The molecular weight excluding hydrogens is 297 g/mol. The molecule has 1 N–H and O–H groups in total. The van der Waals surface area contributed by atoms with E-state index in [1.165, 1.54) is 6.07 Å². The molecule has 2 heterocycles. The lowest BCUT2D eigenvalue weighted by atomic mass is 9.96. The highest BCUT2D eigenvalue weighted by molar-refractivity contribution is 7.99. The van der Waals surface area contributed by atoms with Crippen LogP contribution in [0.15, 0.2) is 35.4 Å². The molecule has 0 spiro atoms. The number of hydrogen-bond acceptors (Lipinski definition) is 4. The quantitative estimate of drug-likeness (QED) is 0.881. The van der Waals surface area contributed by atoms with Crippen molar-refractivity contribution in [2.24, 2.45) is 0 Å². The smallest absolute Gasteiger partial charge is 0.137 e. The molecule has 0 saturated heterocycles. The van der Waals surface area contributed by atoms with E-state index in [9.17, 15) is 4.39 Å². The lowest BCUT2D eigenvalue weighted by molar-refractivity contribution is 0.544. The van der Waals surface area contributed by atoms with Crippen molar-refractivity contribution in [1.82, 2.24) is 9.97 Å². The summed E-state index contributed by atoms with van der Waals surface area (Å²) in [4.78, 5) is 9.72. The van der Waals surface area contributed by atoms with E-state index < -0.39 is 0 Å². The highest BCUT2D eigenvalue weighted by Gasteiger charge is 2.24. The fourth-order valence-corrected chi connectivity index (χ4v) is 3.66. The third-order valence-corrected chi connectivity index (χ3v) is 4.83. The molecule has 0 bridgehead atoms. The fourth-order valence-electron chi connectivity index (χ4n) is 2.52. The summed E-state index contributed by atoms with van der Waals surface area (Å²) >= 11 is 1.59. The Morgan fingerprint density at radius 2 is 2.09 bits per heavy atom. The third kappa shape index (κ3) is 3.09. The van der Waals surface area contributed by atoms with E-state index in [2.05, 4.69) is 36.1 Å². The van der Waals surface area contributed by atoms with Gasteiger partial charge >= 0.3 is 0 Å². The van der Waals surface area contributed by atoms with Crippen molar-refractivity contribution < 1.29 is 4.39 Å². The molecule has 2 aromatic rings. The number of nitrogens with one attached hydrogen (secondary N) is 1. The Labute approximate surface area is 134 Å². The summed E-state index contributed by atoms with van der Waals surface area (Å²) in [6, 6.07) is 7.25. The molecule has 1 aromatic heterocycles. The maximum Gasteiger partial charge on any atom is 0.137 e. The molecule has 0 radical (unpaired) electrons. The molecule has 3 nitrogen and oxygen atoms in total. The van der Waals surface area contributed by atoms with Gasteiger partial charge in [0.1, 0.15) is 17.5 Å². The third-order valence-electron chi connectivity index (χ3n) is 3.67. The first kappa shape index (κ1) is 15.3. The second-order valence-corrected chi connectivity index (χ2v) is 7.61. The standard InChI is InChI=1S/C17H20FN3S/c1-17(2,3)16-19-9-7-14(21-16)20-13-8-10-22-15-11(13)5-4-6-12(15)18/h4-7,9,13H,8,10H2,1-3H3,(H,19,20,21). The summed E-state index contributed by atoms with van der Waals surface area (Å²) in [6.07, 6.45) is 2.73. The summed E-state index contributed by atoms with van der Waals surface area (Å²) in [7, 11) is 0. The number of fused-ring (bicyclic) bond motifs is 1. The molecule has 22 heavy (non-hydrogen) atoms. The molecule has 1 aliphatic heterocycles. The van der Waals surface area contributed by atoms with Crippen molar-refractivity contribution >= 4 is 17.6 Å². The van der Waals surface area contributed by atoms with Gasteiger partial charge in [0.05, 0.1) is 6.04 Å². The minimum atomic E-state index is -0.132. The molecular formula is C17H20FN3S. The van der Waals surface area contributed by atoms with Gasteiger partial charge in [-0.15, -0.1) is 11.8 Å². The zero-order valence-corrected chi connectivity index (χ0v) is 13.9. The Balaban J connectivity index is 1.88. The second kappa shape index (κ2) is 5.88. The van der Waals surface area contributed by atoms with E-state index in [1.54, 1.807) is 24.0 Å². The van der Waals surface area contributed by atoms with Gasteiger partial charge in [0, 0.05) is 22.3 Å². The number of benzene rings is 1. The molecule has 116 valence electrons. The van der Waals surface area contributed by atoms with Crippen LogP contribution in [0.1, 0.15) is 44.6 Å². The highest BCUT2D eigenvalue weighted by Crippen LogP contribution is 2.39. The van der Waals surface area contributed by atoms with Crippen LogP contribution in [-0.4, -0.2) is 15.7 Å². The lowest BCUT2D eigenvalue weighted by Crippen LogP contribution is -2.20. The molecule has 0 fully saturated rings. The lowest BCUT2D eigenvalue weighted by Gasteiger charge is -2.27. The van der Waals surface area contributed by atoms with Gasteiger partial charge in [-0.3, -0.25) is 0 Å². The van der Waals surface area contributed by atoms with Crippen molar-refractivity contribution in [3.05, 3.63) is 47.7 Å². The molecule has 1 aromatic carbocycles. The van der Waals surface area contributed by atoms with Crippen molar-refractivity contribution in [3.8, 4) is 0 Å². The Kier molecular flexibility index (Phi) is 4.08. The van der Waals surface area contributed by atoms with E-state index >= 15 is 0 Å². The molecule has 1 atom stereocenters. The SMILES string of the molecule is CC(C)(C)c1nccc(NC2CCSc3c(F)cccc32)n1. The van der Waals surface area contributed by atoms with Gasteiger partial charge in [0.25, 0.3) is 0 Å². The number of hydrogen-bond donors (Lipinski definition) is 1. The number of halogens is 1. The zero-order chi connectivity index (χ0) is 15.7. The van der Waals surface area contributed by atoms with Gasteiger partial charge in [-0.2, -0.15) is 0 Å². The number of nitrogens with zero attached hydrogens (tertiary/aromatic N) is 2. The predicted molar refractivity (Wildman–Crippen MR) is 88.8 cm³/mol. The van der Waals surface area contributed by atoms with E-state index in [4.69, 9.17) is 0 Å². The summed E-state index contributed by atoms with van der Waals surface area (Å²) in [5.41, 5.74) is 0.927. The van der Waals surface area contributed by atoms with Crippen LogP contribution < -0.4 is 5.32 Å². The number of anilines is 1. The van der Waals surface area contributed by atoms with Crippen molar-refractivity contribution in [2.45, 2.75) is 43.5 Å². The molecule has 1 unspecified atom stereocenters. The van der Waals surface area contributed by atoms with E-state index in [0.29, 0.717) is 0 Å². The second-order valence-electron chi connectivity index (χ2n) is 6.51. The first-order valence-electron chi connectivity index (χ1n) is 7.46. The summed E-state index contributed by atoms with van der Waals surface area (Å²) in [5, 5.41) is 3.45. The van der Waals surface area contributed by atoms with E-state index in [-0.39, 0.29) is 17.3 Å². The van der Waals surface area contributed by atoms with Crippen LogP contribution in [0, 0.1) is 5.82 Å². The molecule has 0 amide bonds. The number of rotatable bonds is 2. The van der Waals surface area contributed by atoms with Crippen LogP contribution in [0.2, 0.25) is 0 Å². The van der Waals surface area contributed by atoms with Gasteiger partial charge < -0.3 is 5.32 Å². The van der Waals surface area contributed by atoms with Crippen molar-refractivity contribution in [2.75, 3.05) is 11.1 Å². The Bertz CT molecular complexity index is 682. The first-order chi connectivity index (χ1) is 10.4. The monoisotopic (exact) mass is 317 g/mol. The average Bonchev–Trinajstić information content (AvgIpc) is 2.48. The molecule has 0 saturated carbocycles.